The maximum absolute atomic E-state index is 5.66. The fraction of sp³-hybridized carbons (Fsp3) is 0.333. The highest BCUT2D eigenvalue weighted by molar-refractivity contribution is 9.10. The molecule has 0 fully saturated rings. The molecule has 0 spiro atoms. The zero-order valence-electron chi connectivity index (χ0n) is 9.94. The highest BCUT2D eigenvalue weighted by Gasteiger charge is 2.10. The Labute approximate surface area is 124 Å². The Hall–Kier alpha value is -0.520. The third kappa shape index (κ3) is 3.28. The molecule has 6 heteroatoms. The Kier molecular flexibility index (Phi) is 5.09. The van der Waals surface area contributed by atoms with Crippen LogP contribution in [0.5, 0.6) is 0 Å². The number of rotatable bonds is 5. The zero-order valence-corrected chi connectivity index (χ0v) is 13.1. The van der Waals surface area contributed by atoms with Crippen LogP contribution in [0.2, 0.25) is 0 Å². The first kappa shape index (κ1) is 13.9. The van der Waals surface area contributed by atoms with Gasteiger partial charge in [0.15, 0.2) is 11.0 Å². The minimum Gasteiger partial charge on any atom is -0.305 e. The van der Waals surface area contributed by atoms with Crippen LogP contribution in [0.3, 0.4) is 0 Å². The number of thioether (sulfide) groups is 1. The van der Waals surface area contributed by atoms with Gasteiger partial charge < -0.3 is 4.57 Å². The average molecular weight is 347 g/mol. The molecule has 0 aliphatic heterocycles. The lowest BCUT2D eigenvalue weighted by atomic mass is 10.2. The third-order valence-corrected chi connectivity index (χ3v) is 4.35. The number of aromatic nitrogens is 3. The standard InChI is InChI=1S/C12H13BrClN3S/c1-17-11(9-3-5-10(13)6-4-9)15-16-12(17)18-8-2-7-14/h3-6H,2,7-8H2,1H3. The van der Waals surface area contributed by atoms with E-state index in [-0.39, 0.29) is 0 Å². The molecule has 2 rings (SSSR count). The van der Waals surface area contributed by atoms with E-state index in [0.717, 1.165) is 33.2 Å². The normalized spacial score (nSPS) is 10.8. The predicted octanol–water partition coefficient (Wildman–Crippen LogP) is 3.97. The second-order valence-corrected chi connectivity index (χ2v) is 6.12. The zero-order chi connectivity index (χ0) is 13.0. The molecule has 0 saturated heterocycles. The fourth-order valence-corrected chi connectivity index (χ4v) is 2.92. The van der Waals surface area contributed by atoms with Crippen molar-refractivity contribution in [1.29, 1.82) is 0 Å². The summed E-state index contributed by atoms with van der Waals surface area (Å²) < 4.78 is 3.08. The van der Waals surface area contributed by atoms with Crippen LogP contribution in [-0.4, -0.2) is 26.4 Å². The van der Waals surface area contributed by atoms with Crippen molar-refractivity contribution in [2.45, 2.75) is 11.6 Å². The van der Waals surface area contributed by atoms with Gasteiger partial charge in [0.05, 0.1) is 0 Å². The molecule has 96 valence electrons. The number of alkyl halides is 1. The van der Waals surface area contributed by atoms with Crippen LogP contribution in [0.25, 0.3) is 11.4 Å². The summed E-state index contributed by atoms with van der Waals surface area (Å²) in [7, 11) is 1.99. The molecular formula is C12H13BrClN3S. The second-order valence-electron chi connectivity index (χ2n) is 3.76. The Morgan fingerprint density at radius 2 is 2.00 bits per heavy atom. The molecule has 2 aromatic rings. The van der Waals surface area contributed by atoms with Crippen molar-refractivity contribution in [2.24, 2.45) is 7.05 Å². The first-order valence-electron chi connectivity index (χ1n) is 5.56. The number of nitrogens with zero attached hydrogens (tertiary/aromatic N) is 3. The van der Waals surface area contributed by atoms with Gasteiger partial charge in [0, 0.05) is 28.7 Å². The van der Waals surface area contributed by atoms with Gasteiger partial charge in [-0.15, -0.1) is 21.8 Å². The minimum absolute atomic E-state index is 0.685. The molecule has 18 heavy (non-hydrogen) atoms. The first-order valence-corrected chi connectivity index (χ1v) is 7.88. The molecule has 1 heterocycles. The van der Waals surface area contributed by atoms with Crippen molar-refractivity contribution < 1.29 is 0 Å². The van der Waals surface area contributed by atoms with E-state index in [4.69, 9.17) is 11.6 Å². The number of hydrogen-bond acceptors (Lipinski definition) is 3. The van der Waals surface area contributed by atoms with E-state index in [1.165, 1.54) is 0 Å². The van der Waals surface area contributed by atoms with Crippen LogP contribution in [-0.2, 0) is 7.05 Å². The van der Waals surface area contributed by atoms with Crippen molar-refractivity contribution in [3.05, 3.63) is 28.7 Å². The number of halogens is 2. The van der Waals surface area contributed by atoms with E-state index in [2.05, 4.69) is 26.1 Å². The maximum atomic E-state index is 5.66. The summed E-state index contributed by atoms with van der Waals surface area (Å²) in [4.78, 5) is 0. The van der Waals surface area contributed by atoms with Crippen molar-refractivity contribution >= 4 is 39.3 Å². The minimum atomic E-state index is 0.685. The van der Waals surface area contributed by atoms with Crippen molar-refractivity contribution in [3.63, 3.8) is 0 Å². The van der Waals surface area contributed by atoms with Gasteiger partial charge in [-0.3, -0.25) is 0 Å². The van der Waals surface area contributed by atoms with Crippen molar-refractivity contribution in [3.8, 4) is 11.4 Å². The van der Waals surface area contributed by atoms with E-state index in [0.29, 0.717) is 5.88 Å². The van der Waals surface area contributed by atoms with Crippen LogP contribution < -0.4 is 0 Å². The molecule has 1 aromatic heterocycles. The van der Waals surface area contributed by atoms with Gasteiger partial charge in [-0.2, -0.15) is 0 Å². The number of benzene rings is 1. The van der Waals surface area contributed by atoms with E-state index in [9.17, 15) is 0 Å². The predicted molar refractivity (Wildman–Crippen MR) is 80.2 cm³/mol. The summed E-state index contributed by atoms with van der Waals surface area (Å²) in [5.41, 5.74) is 1.07. The van der Waals surface area contributed by atoms with Crippen LogP contribution in [0.1, 0.15) is 6.42 Å². The fourth-order valence-electron chi connectivity index (χ4n) is 1.51. The Morgan fingerprint density at radius 1 is 1.28 bits per heavy atom. The van der Waals surface area contributed by atoms with E-state index >= 15 is 0 Å². The van der Waals surface area contributed by atoms with E-state index in [1.807, 2.05) is 35.9 Å². The lowest BCUT2D eigenvalue weighted by molar-refractivity contribution is 0.793. The number of hydrogen-bond donors (Lipinski definition) is 0. The highest BCUT2D eigenvalue weighted by atomic mass is 79.9. The molecule has 0 saturated carbocycles. The summed E-state index contributed by atoms with van der Waals surface area (Å²) in [5, 5.41) is 9.37. The van der Waals surface area contributed by atoms with Crippen molar-refractivity contribution in [1.82, 2.24) is 14.8 Å². The lowest BCUT2D eigenvalue weighted by Gasteiger charge is -2.03. The molecule has 0 atom stereocenters. The smallest absolute Gasteiger partial charge is 0.191 e. The molecule has 0 amide bonds. The van der Waals surface area contributed by atoms with Crippen molar-refractivity contribution in [2.75, 3.05) is 11.6 Å². The molecule has 0 aliphatic rings. The van der Waals surface area contributed by atoms with Crippen LogP contribution in [0.15, 0.2) is 33.9 Å². The molecule has 3 nitrogen and oxygen atoms in total. The Morgan fingerprint density at radius 3 is 2.67 bits per heavy atom. The first-order chi connectivity index (χ1) is 8.72. The molecule has 0 radical (unpaired) electrons. The van der Waals surface area contributed by atoms with Gasteiger partial charge in [-0.1, -0.05) is 39.8 Å². The maximum Gasteiger partial charge on any atom is 0.191 e. The summed E-state index contributed by atoms with van der Waals surface area (Å²) in [6.07, 6.45) is 0.979. The highest BCUT2D eigenvalue weighted by Crippen LogP contribution is 2.24. The third-order valence-electron chi connectivity index (χ3n) is 2.45. The Bertz CT molecular complexity index is 513. The quantitative estimate of drug-likeness (QED) is 0.466. The monoisotopic (exact) mass is 345 g/mol. The van der Waals surface area contributed by atoms with Gasteiger partial charge in [0.25, 0.3) is 0 Å². The summed E-state index contributed by atoms with van der Waals surface area (Å²) >= 11 is 10.8. The topological polar surface area (TPSA) is 30.7 Å². The van der Waals surface area contributed by atoms with Crippen LogP contribution in [0, 0.1) is 0 Å². The van der Waals surface area contributed by atoms with E-state index < -0.39 is 0 Å². The molecule has 1 aromatic carbocycles. The summed E-state index contributed by atoms with van der Waals surface area (Å²) in [6.45, 7) is 0. The van der Waals surface area contributed by atoms with Gasteiger partial charge >= 0.3 is 0 Å². The Balaban J connectivity index is 2.17. The molecule has 0 aliphatic carbocycles. The van der Waals surface area contributed by atoms with Gasteiger partial charge in [0.2, 0.25) is 0 Å². The average Bonchev–Trinajstić information content (AvgIpc) is 2.73. The van der Waals surface area contributed by atoms with Gasteiger partial charge in [-0.25, -0.2) is 0 Å². The van der Waals surface area contributed by atoms with Crippen LogP contribution >= 0.6 is 39.3 Å². The molecule has 0 N–H and O–H groups in total. The molecule has 0 bridgehead atoms. The largest absolute Gasteiger partial charge is 0.305 e. The SMILES string of the molecule is Cn1c(SCCCCl)nnc1-c1ccc(Br)cc1. The summed E-state index contributed by atoms with van der Waals surface area (Å²) in [6, 6.07) is 8.07. The summed E-state index contributed by atoms with van der Waals surface area (Å²) in [5.74, 6) is 2.54. The molecular weight excluding hydrogens is 334 g/mol. The van der Waals surface area contributed by atoms with E-state index in [1.54, 1.807) is 11.8 Å². The molecule has 0 unspecified atom stereocenters. The second kappa shape index (κ2) is 6.59. The van der Waals surface area contributed by atoms with Gasteiger partial charge in [0.1, 0.15) is 0 Å². The van der Waals surface area contributed by atoms with Gasteiger partial charge in [-0.05, 0) is 18.6 Å². The lowest BCUT2D eigenvalue weighted by Crippen LogP contribution is -1.95. The van der Waals surface area contributed by atoms with Crippen LogP contribution in [0.4, 0.5) is 0 Å².